The van der Waals surface area contributed by atoms with E-state index in [0.717, 1.165) is 12.1 Å². The van der Waals surface area contributed by atoms with Crippen LogP contribution >= 0.6 is 0 Å². The fourth-order valence-electron chi connectivity index (χ4n) is 2.87. The number of nitrogens with one attached hydrogen (secondary N) is 1. The van der Waals surface area contributed by atoms with Gasteiger partial charge in [0.15, 0.2) is 0 Å². The zero-order valence-corrected chi connectivity index (χ0v) is 14.9. The van der Waals surface area contributed by atoms with Crippen LogP contribution in [0.5, 0.6) is 0 Å². The summed E-state index contributed by atoms with van der Waals surface area (Å²) >= 11 is 0. The third-order valence-electron chi connectivity index (χ3n) is 3.89. The molecule has 0 aliphatic carbocycles. The second-order valence-corrected chi connectivity index (χ2v) is 8.47. The van der Waals surface area contributed by atoms with Crippen LogP contribution in [0.1, 0.15) is 5.56 Å². The number of nitrogens with zero attached hydrogens (tertiary/aromatic N) is 4. The van der Waals surface area contributed by atoms with Gasteiger partial charge in [0.2, 0.25) is 15.9 Å². The molecule has 1 aromatic heterocycles. The first-order valence-corrected chi connectivity index (χ1v) is 9.38. The van der Waals surface area contributed by atoms with Gasteiger partial charge in [0.05, 0.1) is 12.5 Å². The van der Waals surface area contributed by atoms with Crippen LogP contribution < -0.4 is 5.32 Å². The molecule has 0 aromatic carbocycles. The van der Waals surface area contributed by atoms with Gasteiger partial charge in [-0.3, -0.25) is 9.48 Å². The highest BCUT2D eigenvalue weighted by molar-refractivity contribution is 7.88. The molecule has 2 rings (SSSR count). The molecule has 1 fully saturated rings. The summed E-state index contributed by atoms with van der Waals surface area (Å²) in [4.78, 5) is 14.2. The Morgan fingerprint density at radius 2 is 2.13 bits per heavy atom. The number of hydrogen-bond acceptors (Lipinski definition) is 5. The third kappa shape index (κ3) is 5.02. The van der Waals surface area contributed by atoms with E-state index in [1.54, 1.807) is 17.1 Å². The second-order valence-electron chi connectivity index (χ2n) is 6.49. The summed E-state index contributed by atoms with van der Waals surface area (Å²) in [5.74, 6) is -0.0831. The van der Waals surface area contributed by atoms with E-state index >= 15 is 0 Å². The van der Waals surface area contributed by atoms with E-state index in [-0.39, 0.29) is 24.4 Å². The molecule has 0 bridgehead atoms. The zero-order chi connectivity index (χ0) is 17.2. The van der Waals surface area contributed by atoms with E-state index in [9.17, 15) is 13.2 Å². The predicted octanol–water partition coefficient (Wildman–Crippen LogP) is -0.871. The summed E-state index contributed by atoms with van der Waals surface area (Å²) in [7, 11) is 0.628. The number of rotatable bonds is 6. The largest absolute Gasteiger partial charge is 0.350 e. The molecule has 1 aromatic rings. The number of amides is 1. The van der Waals surface area contributed by atoms with Gasteiger partial charge in [-0.25, -0.2) is 8.42 Å². The Morgan fingerprint density at radius 3 is 2.65 bits per heavy atom. The maximum Gasteiger partial charge on any atom is 0.242 e. The highest BCUT2D eigenvalue weighted by atomic mass is 32.2. The molecule has 0 unspecified atom stereocenters. The Hall–Kier alpha value is -1.45. The van der Waals surface area contributed by atoms with E-state index < -0.39 is 10.0 Å². The molecule has 1 aliphatic heterocycles. The van der Waals surface area contributed by atoms with Gasteiger partial charge in [-0.2, -0.15) is 9.40 Å². The van der Waals surface area contributed by atoms with Crippen molar-refractivity contribution in [3.8, 4) is 0 Å². The quantitative estimate of drug-likeness (QED) is 0.725. The summed E-state index contributed by atoms with van der Waals surface area (Å²) in [6.07, 6.45) is 4.70. The molecule has 1 amide bonds. The SMILES string of the molecule is Cc1cnn(CC(=O)N[C@@H]2CN(S(C)(=O)=O)C[C@H]2CN(C)C)c1. The number of aromatic nitrogens is 2. The van der Waals surface area contributed by atoms with E-state index in [1.807, 2.05) is 25.9 Å². The molecule has 0 spiro atoms. The van der Waals surface area contributed by atoms with Crippen LogP contribution in [0, 0.1) is 12.8 Å². The minimum atomic E-state index is -3.25. The molecule has 1 aliphatic rings. The number of aryl methyl sites for hydroxylation is 1. The minimum absolute atomic E-state index is 0.0723. The average Bonchev–Trinajstić information content (AvgIpc) is 2.96. The summed E-state index contributed by atoms with van der Waals surface area (Å²) in [6, 6.07) is -0.184. The fourth-order valence-corrected chi connectivity index (χ4v) is 3.77. The van der Waals surface area contributed by atoms with E-state index in [4.69, 9.17) is 0 Å². The van der Waals surface area contributed by atoms with Crippen LogP contribution in [0.2, 0.25) is 0 Å². The van der Waals surface area contributed by atoms with Crippen LogP contribution in [0.15, 0.2) is 12.4 Å². The van der Waals surface area contributed by atoms with E-state index in [1.165, 1.54) is 10.6 Å². The Morgan fingerprint density at radius 1 is 1.43 bits per heavy atom. The average molecular weight is 343 g/mol. The Labute approximate surface area is 137 Å². The standard InChI is InChI=1S/C14H25N5O3S/c1-11-5-15-18(6-11)10-14(20)16-13-9-19(23(4,21)22)8-12(13)7-17(2)3/h5-6,12-13H,7-10H2,1-4H3,(H,16,20)/t12-,13-/m1/s1. The lowest BCUT2D eigenvalue weighted by Crippen LogP contribution is -2.44. The van der Waals surface area contributed by atoms with Gasteiger partial charge >= 0.3 is 0 Å². The first kappa shape index (κ1) is 17.9. The maximum absolute atomic E-state index is 12.2. The van der Waals surface area contributed by atoms with Gasteiger partial charge in [0, 0.05) is 37.8 Å². The molecule has 23 heavy (non-hydrogen) atoms. The van der Waals surface area contributed by atoms with Crippen molar-refractivity contribution in [3.05, 3.63) is 18.0 Å². The van der Waals surface area contributed by atoms with Gasteiger partial charge in [0.25, 0.3) is 0 Å². The van der Waals surface area contributed by atoms with Gasteiger partial charge in [-0.05, 0) is 26.6 Å². The van der Waals surface area contributed by atoms with Gasteiger partial charge in [0.1, 0.15) is 6.54 Å². The predicted molar refractivity (Wildman–Crippen MR) is 87.4 cm³/mol. The number of hydrogen-bond donors (Lipinski definition) is 1. The van der Waals surface area contributed by atoms with Crippen molar-refractivity contribution >= 4 is 15.9 Å². The zero-order valence-electron chi connectivity index (χ0n) is 14.1. The van der Waals surface area contributed by atoms with Crippen molar-refractivity contribution in [2.75, 3.05) is 40.0 Å². The molecule has 1 saturated heterocycles. The molecule has 0 radical (unpaired) electrons. The summed E-state index contributed by atoms with van der Waals surface area (Å²) in [5, 5.41) is 7.05. The molecule has 0 saturated carbocycles. The first-order valence-electron chi connectivity index (χ1n) is 7.53. The van der Waals surface area contributed by atoms with Crippen molar-refractivity contribution in [2.24, 2.45) is 5.92 Å². The van der Waals surface area contributed by atoms with Gasteiger partial charge < -0.3 is 10.2 Å². The van der Waals surface area contributed by atoms with Crippen molar-refractivity contribution in [1.82, 2.24) is 24.3 Å². The minimum Gasteiger partial charge on any atom is -0.350 e. The smallest absolute Gasteiger partial charge is 0.242 e. The number of carbonyl (C=O) groups is 1. The van der Waals surface area contributed by atoms with Gasteiger partial charge in [-0.1, -0.05) is 0 Å². The Balaban J connectivity index is 2.01. The fraction of sp³-hybridized carbons (Fsp3) is 0.714. The van der Waals surface area contributed by atoms with Crippen LogP contribution in [0.3, 0.4) is 0 Å². The highest BCUT2D eigenvalue weighted by Gasteiger charge is 2.37. The van der Waals surface area contributed by atoms with Crippen LogP contribution in [0.4, 0.5) is 0 Å². The molecule has 8 nitrogen and oxygen atoms in total. The molecule has 2 heterocycles. The van der Waals surface area contributed by atoms with Gasteiger partial charge in [-0.15, -0.1) is 0 Å². The van der Waals surface area contributed by atoms with Crippen LogP contribution in [-0.2, 0) is 21.4 Å². The van der Waals surface area contributed by atoms with Crippen LogP contribution in [-0.4, -0.2) is 79.3 Å². The summed E-state index contributed by atoms with van der Waals surface area (Å²) in [6.45, 7) is 3.52. The van der Waals surface area contributed by atoms with Crippen molar-refractivity contribution in [2.45, 2.75) is 19.5 Å². The molecule has 1 N–H and O–H groups in total. The molecule has 9 heteroatoms. The first-order chi connectivity index (χ1) is 10.6. The topological polar surface area (TPSA) is 87.5 Å². The lowest BCUT2D eigenvalue weighted by atomic mass is 10.0. The lowest BCUT2D eigenvalue weighted by Gasteiger charge is -2.22. The van der Waals surface area contributed by atoms with Crippen molar-refractivity contribution in [1.29, 1.82) is 0 Å². The summed E-state index contributed by atoms with van der Waals surface area (Å²) < 4.78 is 26.6. The van der Waals surface area contributed by atoms with Crippen molar-refractivity contribution < 1.29 is 13.2 Å². The number of sulfonamides is 1. The normalized spacial score (nSPS) is 22.7. The third-order valence-corrected chi connectivity index (χ3v) is 5.13. The van der Waals surface area contributed by atoms with Crippen LogP contribution in [0.25, 0.3) is 0 Å². The highest BCUT2D eigenvalue weighted by Crippen LogP contribution is 2.20. The maximum atomic E-state index is 12.2. The molecular formula is C14H25N5O3S. The summed E-state index contributed by atoms with van der Waals surface area (Å²) in [5.41, 5.74) is 0.993. The number of carbonyl (C=O) groups excluding carboxylic acids is 1. The van der Waals surface area contributed by atoms with E-state index in [2.05, 4.69) is 10.4 Å². The van der Waals surface area contributed by atoms with E-state index in [0.29, 0.717) is 13.1 Å². The monoisotopic (exact) mass is 343 g/mol. The lowest BCUT2D eigenvalue weighted by molar-refractivity contribution is -0.122. The Bertz CT molecular complexity index is 655. The molecule has 130 valence electrons. The van der Waals surface area contributed by atoms with Crippen molar-refractivity contribution in [3.63, 3.8) is 0 Å². The molecule has 2 atom stereocenters. The molecular weight excluding hydrogens is 318 g/mol. The second kappa shape index (κ2) is 6.98. The Kier molecular flexibility index (Phi) is 5.43.